The number of rotatable bonds is 6. The molecule has 126 valence electrons. The van der Waals surface area contributed by atoms with Crippen molar-refractivity contribution in [3.63, 3.8) is 0 Å². The molecule has 1 unspecified atom stereocenters. The van der Waals surface area contributed by atoms with Crippen LogP contribution in [0.2, 0.25) is 0 Å². The molecule has 3 heterocycles. The predicted octanol–water partition coefficient (Wildman–Crippen LogP) is 0.372. The number of hydrogen-bond acceptors (Lipinski definition) is 8. The number of imidazole rings is 1. The van der Waals surface area contributed by atoms with Gasteiger partial charge in [-0.3, -0.25) is 4.57 Å². The Morgan fingerprint density at radius 3 is 2.70 bits per heavy atom. The molecular formula is C14H21N5O4. The molecule has 0 aliphatic carbocycles. The van der Waals surface area contributed by atoms with Gasteiger partial charge in [-0.2, -0.15) is 0 Å². The van der Waals surface area contributed by atoms with Gasteiger partial charge in [-0.05, 0) is 6.92 Å². The zero-order valence-electron chi connectivity index (χ0n) is 13.4. The van der Waals surface area contributed by atoms with Crippen molar-refractivity contribution >= 4 is 17.0 Å². The van der Waals surface area contributed by atoms with E-state index in [1.165, 1.54) is 6.33 Å². The summed E-state index contributed by atoms with van der Waals surface area (Å²) in [4.78, 5) is 12.5. The summed E-state index contributed by atoms with van der Waals surface area (Å²) in [5.41, 5.74) is 6.97. The van der Waals surface area contributed by atoms with Crippen LogP contribution in [0, 0.1) is 0 Å². The van der Waals surface area contributed by atoms with E-state index in [-0.39, 0.29) is 18.3 Å². The molecule has 1 aliphatic heterocycles. The molecule has 2 aromatic heterocycles. The van der Waals surface area contributed by atoms with Gasteiger partial charge in [0.15, 0.2) is 17.7 Å². The summed E-state index contributed by atoms with van der Waals surface area (Å²) in [6, 6.07) is 0. The monoisotopic (exact) mass is 323 g/mol. The van der Waals surface area contributed by atoms with Crippen molar-refractivity contribution in [2.75, 3.05) is 33.2 Å². The standard InChI is InChI=1S/C14H21N5O4/c1-4-22-5-8-10(20-2)11(21-3)14(23-8)19-7-18-9-12(15)16-6-17-13(9)19/h6-8,10-11,14H,4-5H2,1-3H3,(H2,15,16,17)/t8?,10-,11-,14-/m1/s1. The molecule has 1 aliphatic rings. The molecule has 2 aromatic rings. The number of fused-ring (bicyclic) bond motifs is 1. The second kappa shape index (κ2) is 6.75. The van der Waals surface area contributed by atoms with Crippen LogP contribution in [0.25, 0.3) is 11.2 Å². The van der Waals surface area contributed by atoms with Crippen LogP contribution in [-0.4, -0.2) is 65.3 Å². The highest BCUT2D eigenvalue weighted by atomic mass is 16.6. The second-order valence-electron chi connectivity index (χ2n) is 5.21. The molecule has 1 fully saturated rings. The molecule has 0 aromatic carbocycles. The molecule has 1 saturated heterocycles. The van der Waals surface area contributed by atoms with Gasteiger partial charge in [-0.15, -0.1) is 0 Å². The van der Waals surface area contributed by atoms with E-state index in [2.05, 4.69) is 15.0 Å². The first-order chi connectivity index (χ1) is 11.2. The number of ether oxygens (including phenoxy) is 4. The molecule has 0 spiro atoms. The molecule has 3 rings (SSSR count). The molecule has 9 heteroatoms. The summed E-state index contributed by atoms with van der Waals surface area (Å²) >= 11 is 0. The molecule has 0 radical (unpaired) electrons. The Labute approximate surface area is 133 Å². The van der Waals surface area contributed by atoms with Crippen molar-refractivity contribution < 1.29 is 18.9 Å². The van der Waals surface area contributed by atoms with Crippen molar-refractivity contribution in [1.82, 2.24) is 19.5 Å². The van der Waals surface area contributed by atoms with Crippen molar-refractivity contribution in [3.8, 4) is 0 Å². The number of nitrogens with zero attached hydrogens (tertiary/aromatic N) is 4. The Morgan fingerprint density at radius 2 is 2.00 bits per heavy atom. The van der Waals surface area contributed by atoms with Crippen molar-refractivity contribution in [3.05, 3.63) is 12.7 Å². The van der Waals surface area contributed by atoms with Crippen LogP contribution in [0.15, 0.2) is 12.7 Å². The van der Waals surface area contributed by atoms with Gasteiger partial charge < -0.3 is 24.7 Å². The number of aromatic nitrogens is 4. The van der Waals surface area contributed by atoms with Crippen LogP contribution < -0.4 is 5.73 Å². The summed E-state index contributed by atoms with van der Waals surface area (Å²) in [5.74, 6) is 0.329. The quantitative estimate of drug-likeness (QED) is 0.813. The number of hydrogen-bond donors (Lipinski definition) is 1. The van der Waals surface area contributed by atoms with E-state index in [4.69, 9.17) is 24.7 Å². The minimum Gasteiger partial charge on any atom is -0.382 e. The predicted molar refractivity (Wildman–Crippen MR) is 81.7 cm³/mol. The smallest absolute Gasteiger partial charge is 0.167 e. The maximum atomic E-state index is 6.11. The third kappa shape index (κ3) is 2.76. The minimum atomic E-state index is -0.435. The van der Waals surface area contributed by atoms with E-state index >= 15 is 0 Å². The van der Waals surface area contributed by atoms with Crippen LogP contribution in [0.4, 0.5) is 5.82 Å². The van der Waals surface area contributed by atoms with E-state index < -0.39 is 6.23 Å². The highest BCUT2D eigenvalue weighted by Gasteiger charge is 2.46. The van der Waals surface area contributed by atoms with Gasteiger partial charge in [0.2, 0.25) is 0 Å². The third-order valence-corrected chi connectivity index (χ3v) is 3.98. The van der Waals surface area contributed by atoms with Gasteiger partial charge in [-0.25, -0.2) is 15.0 Å². The van der Waals surface area contributed by atoms with Crippen molar-refractivity contribution in [2.24, 2.45) is 0 Å². The first-order valence-corrected chi connectivity index (χ1v) is 7.43. The Morgan fingerprint density at radius 1 is 1.22 bits per heavy atom. The maximum Gasteiger partial charge on any atom is 0.167 e. The van der Waals surface area contributed by atoms with Gasteiger partial charge in [0, 0.05) is 20.8 Å². The van der Waals surface area contributed by atoms with E-state index in [0.717, 1.165) is 0 Å². The SMILES string of the molecule is CCOCC1O[C@@H](n2cnc3c(N)ncnc32)[C@H](OC)[C@@H]1OC. The lowest BCUT2D eigenvalue weighted by Gasteiger charge is -2.22. The fourth-order valence-electron chi connectivity index (χ4n) is 2.89. The van der Waals surface area contributed by atoms with E-state index in [0.29, 0.717) is 30.2 Å². The van der Waals surface area contributed by atoms with Crippen LogP contribution >= 0.6 is 0 Å². The Hall–Kier alpha value is -1.81. The molecule has 23 heavy (non-hydrogen) atoms. The van der Waals surface area contributed by atoms with Crippen LogP contribution in [0.5, 0.6) is 0 Å². The van der Waals surface area contributed by atoms with E-state index in [9.17, 15) is 0 Å². The number of nitrogens with two attached hydrogens (primary N) is 1. The van der Waals surface area contributed by atoms with E-state index in [1.807, 2.05) is 6.92 Å². The van der Waals surface area contributed by atoms with Crippen molar-refractivity contribution in [1.29, 1.82) is 0 Å². The van der Waals surface area contributed by atoms with E-state index in [1.54, 1.807) is 25.1 Å². The first kappa shape index (κ1) is 16.1. The van der Waals surface area contributed by atoms with Crippen molar-refractivity contribution in [2.45, 2.75) is 31.5 Å². The third-order valence-electron chi connectivity index (χ3n) is 3.98. The molecule has 0 saturated carbocycles. The number of nitrogen functional groups attached to an aromatic ring is 1. The second-order valence-corrected chi connectivity index (χ2v) is 5.21. The Balaban J connectivity index is 1.95. The molecule has 9 nitrogen and oxygen atoms in total. The van der Waals surface area contributed by atoms with Gasteiger partial charge in [0.25, 0.3) is 0 Å². The average Bonchev–Trinajstić information content (AvgIpc) is 3.13. The fourth-order valence-corrected chi connectivity index (χ4v) is 2.89. The lowest BCUT2D eigenvalue weighted by molar-refractivity contribution is -0.0689. The Bertz CT molecular complexity index is 664. The van der Waals surface area contributed by atoms with Crippen LogP contribution in [0.1, 0.15) is 13.2 Å². The summed E-state index contributed by atoms with van der Waals surface area (Å²) < 4.78 is 24.6. The highest BCUT2D eigenvalue weighted by Crippen LogP contribution is 2.35. The Kier molecular flexibility index (Phi) is 4.71. The lowest BCUT2D eigenvalue weighted by Crippen LogP contribution is -2.37. The topological polar surface area (TPSA) is 107 Å². The zero-order chi connectivity index (χ0) is 16.4. The minimum absolute atomic E-state index is 0.244. The molecule has 4 atom stereocenters. The summed E-state index contributed by atoms with van der Waals surface area (Å²) in [6.45, 7) is 2.97. The lowest BCUT2D eigenvalue weighted by atomic mass is 10.1. The van der Waals surface area contributed by atoms with Crippen LogP contribution in [-0.2, 0) is 18.9 Å². The normalized spacial score (nSPS) is 27.8. The highest BCUT2D eigenvalue weighted by molar-refractivity contribution is 5.81. The van der Waals surface area contributed by atoms with Gasteiger partial charge >= 0.3 is 0 Å². The molecule has 0 bridgehead atoms. The van der Waals surface area contributed by atoms with Gasteiger partial charge in [0.1, 0.15) is 30.2 Å². The fraction of sp³-hybridized carbons (Fsp3) is 0.643. The zero-order valence-corrected chi connectivity index (χ0v) is 13.4. The maximum absolute atomic E-state index is 6.11. The molecular weight excluding hydrogens is 302 g/mol. The number of methoxy groups -OCH3 is 2. The van der Waals surface area contributed by atoms with Gasteiger partial charge in [0.05, 0.1) is 12.9 Å². The summed E-state index contributed by atoms with van der Waals surface area (Å²) in [7, 11) is 3.26. The molecule has 0 amide bonds. The van der Waals surface area contributed by atoms with Crippen LogP contribution in [0.3, 0.4) is 0 Å². The first-order valence-electron chi connectivity index (χ1n) is 7.43. The summed E-state index contributed by atoms with van der Waals surface area (Å²) in [6.07, 6.45) is 1.77. The average molecular weight is 323 g/mol. The summed E-state index contributed by atoms with van der Waals surface area (Å²) in [5, 5.41) is 0. The molecule has 2 N–H and O–H groups in total. The number of anilines is 1. The largest absolute Gasteiger partial charge is 0.382 e. The van der Waals surface area contributed by atoms with Gasteiger partial charge in [-0.1, -0.05) is 0 Å².